The van der Waals surface area contributed by atoms with Gasteiger partial charge in [0.15, 0.2) is 0 Å². The van der Waals surface area contributed by atoms with Crippen molar-refractivity contribution in [2.75, 3.05) is 59.3 Å². The maximum atomic E-state index is 11.9. The van der Waals surface area contributed by atoms with Gasteiger partial charge < -0.3 is 29.6 Å². The molecule has 0 heterocycles. The van der Waals surface area contributed by atoms with Crippen molar-refractivity contribution in [3.63, 3.8) is 0 Å². The fourth-order valence-electron chi connectivity index (χ4n) is 2.34. The Bertz CT molecular complexity index is 421. The topological polar surface area (TPSA) is 95.1 Å². The highest BCUT2D eigenvalue weighted by Gasteiger charge is 2.23. The van der Waals surface area contributed by atoms with Crippen molar-refractivity contribution < 1.29 is 28.5 Å². The molecular formula is C19H38N2O6S. The van der Waals surface area contributed by atoms with Crippen molar-refractivity contribution in [2.45, 2.75) is 51.0 Å². The van der Waals surface area contributed by atoms with Crippen LogP contribution < -0.4 is 10.6 Å². The summed E-state index contributed by atoms with van der Waals surface area (Å²) in [5, 5.41) is 5.94. The number of carbonyl (C=O) groups is 2. The minimum Gasteiger partial charge on any atom is -0.450 e. The molecule has 28 heavy (non-hydrogen) atoms. The maximum absolute atomic E-state index is 11.9. The van der Waals surface area contributed by atoms with Crippen LogP contribution in [-0.4, -0.2) is 81.3 Å². The summed E-state index contributed by atoms with van der Waals surface area (Å²) in [6, 6.07) is 0. The van der Waals surface area contributed by atoms with Gasteiger partial charge >= 0.3 is 6.09 Å². The maximum Gasteiger partial charge on any atom is 0.407 e. The summed E-state index contributed by atoms with van der Waals surface area (Å²) in [5.74, 6) is 0.0487. The largest absolute Gasteiger partial charge is 0.450 e. The van der Waals surface area contributed by atoms with Gasteiger partial charge in [-0.1, -0.05) is 27.7 Å². The van der Waals surface area contributed by atoms with E-state index in [1.165, 1.54) is 0 Å². The fourth-order valence-corrected chi connectivity index (χ4v) is 3.83. The SMILES string of the molecule is CCOC(=O)NCCOCCOCCOCCNC(=O)CC(C)(C)SC(C)C. The Morgan fingerprint density at radius 1 is 0.893 bits per heavy atom. The smallest absolute Gasteiger partial charge is 0.407 e. The van der Waals surface area contributed by atoms with Crippen molar-refractivity contribution in [3.8, 4) is 0 Å². The lowest BCUT2D eigenvalue weighted by atomic mass is 10.1. The molecule has 8 nitrogen and oxygen atoms in total. The number of ether oxygens (including phenoxy) is 4. The van der Waals surface area contributed by atoms with Crippen molar-refractivity contribution in [3.05, 3.63) is 0 Å². The van der Waals surface area contributed by atoms with E-state index in [0.29, 0.717) is 71.0 Å². The van der Waals surface area contributed by atoms with Gasteiger partial charge in [0.05, 0.1) is 46.2 Å². The summed E-state index contributed by atoms with van der Waals surface area (Å²) >= 11 is 1.81. The van der Waals surface area contributed by atoms with Gasteiger partial charge in [-0.05, 0) is 12.2 Å². The number of hydrogen-bond acceptors (Lipinski definition) is 7. The van der Waals surface area contributed by atoms with Crippen LogP contribution in [-0.2, 0) is 23.7 Å². The predicted octanol–water partition coefficient (Wildman–Crippen LogP) is 2.21. The van der Waals surface area contributed by atoms with E-state index in [1.54, 1.807) is 18.7 Å². The van der Waals surface area contributed by atoms with E-state index >= 15 is 0 Å². The van der Waals surface area contributed by atoms with Crippen LogP contribution in [0.2, 0.25) is 0 Å². The second kappa shape index (κ2) is 16.9. The first-order valence-corrected chi connectivity index (χ1v) is 10.7. The third-order valence-electron chi connectivity index (χ3n) is 3.24. The lowest BCUT2D eigenvalue weighted by Crippen LogP contribution is -2.33. The average molecular weight is 423 g/mol. The Balaban J connectivity index is 3.37. The highest BCUT2D eigenvalue weighted by atomic mass is 32.2. The Morgan fingerprint density at radius 2 is 1.39 bits per heavy atom. The van der Waals surface area contributed by atoms with Crippen molar-refractivity contribution in [1.82, 2.24) is 10.6 Å². The third kappa shape index (κ3) is 18.3. The molecule has 0 fully saturated rings. The normalized spacial score (nSPS) is 11.5. The first-order valence-electron chi connectivity index (χ1n) is 9.85. The monoisotopic (exact) mass is 422 g/mol. The summed E-state index contributed by atoms with van der Waals surface area (Å²) < 4.78 is 20.8. The molecule has 0 aromatic carbocycles. The zero-order valence-electron chi connectivity index (χ0n) is 18.0. The second-order valence-electron chi connectivity index (χ2n) is 6.94. The standard InChI is InChI=1S/C19H38N2O6S/c1-6-27-18(23)21-8-10-25-12-14-26-13-11-24-9-7-20-17(22)15-19(4,5)28-16(2)3/h16H,6-15H2,1-5H3,(H,20,22)(H,21,23). The molecule has 0 saturated heterocycles. The molecule has 0 spiro atoms. The van der Waals surface area contributed by atoms with Crippen LogP contribution in [0, 0.1) is 0 Å². The molecule has 9 heteroatoms. The number of thioether (sulfide) groups is 1. The molecule has 166 valence electrons. The number of alkyl carbamates (subject to hydrolysis) is 1. The van der Waals surface area contributed by atoms with E-state index in [9.17, 15) is 9.59 Å². The Hall–Kier alpha value is -1.03. The molecule has 0 bridgehead atoms. The molecule has 0 atom stereocenters. The molecule has 0 aliphatic rings. The number of amides is 2. The molecule has 0 aromatic heterocycles. The molecule has 2 N–H and O–H groups in total. The molecular weight excluding hydrogens is 384 g/mol. The quantitative estimate of drug-likeness (QED) is 0.347. The van der Waals surface area contributed by atoms with Crippen LogP contribution in [0.5, 0.6) is 0 Å². The summed E-state index contributed by atoms with van der Waals surface area (Å²) in [6.07, 6.45) is 0.0581. The molecule has 0 unspecified atom stereocenters. The van der Waals surface area contributed by atoms with Crippen LogP contribution in [0.3, 0.4) is 0 Å². The first-order chi connectivity index (χ1) is 13.3. The lowest BCUT2D eigenvalue weighted by molar-refractivity contribution is -0.121. The van der Waals surface area contributed by atoms with Gasteiger partial charge in [0, 0.05) is 24.3 Å². The van der Waals surface area contributed by atoms with E-state index in [4.69, 9.17) is 18.9 Å². The number of rotatable bonds is 17. The van der Waals surface area contributed by atoms with Gasteiger partial charge in [0.2, 0.25) is 5.91 Å². The Labute approximate surface area is 173 Å². The van der Waals surface area contributed by atoms with Gasteiger partial charge in [-0.2, -0.15) is 11.8 Å². The van der Waals surface area contributed by atoms with Gasteiger partial charge in [0.1, 0.15) is 0 Å². The van der Waals surface area contributed by atoms with Gasteiger partial charge in [-0.15, -0.1) is 0 Å². The van der Waals surface area contributed by atoms with Crippen LogP contribution >= 0.6 is 11.8 Å². The summed E-state index contributed by atoms with van der Waals surface area (Å²) in [4.78, 5) is 23.0. The second-order valence-corrected chi connectivity index (χ2v) is 9.22. The zero-order valence-corrected chi connectivity index (χ0v) is 18.8. The molecule has 0 aromatic rings. The van der Waals surface area contributed by atoms with E-state index in [1.807, 2.05) is 0 Å². The highest BCUT2D eigenvalue weighted by molar-refractivity contribution is 8.01. The molecule has 0 saturated carbocycles. The molecule has 0 rings (SSSR count). The predicted molar refractivity (Wildman–Crippen MR) is 112 cm³/mol. The number of hydrogen-bond donors (Lipinski definition) is 2. The van der Waals surface area contributed by atoms with Gasteiger partial charge in [-0.25, -0.2) is 4.79 Å². The minimum absolute atomic E-state index is 0.0487. The van der Waals surface area contributed by atoms with Gasteiger partial charge in [0.25, 0.3) is 0 Å². The zero-order chi connectivity index (χ0) is 21.3. The van der Waals surface area contributed by atoms with Crippen LogP contribution in [0.1, 0.15) is 41.0 Å². The Kier molecular flexibility index (Phi) is 16.3. The average Bonchev–Trinajstić information content (AvgIpc) is 2.57. The van der Waals surface area contributed by atoms with Crippen LogP contribution in [0.4, 0.5) is 4.79 Å². The molecule has 0 radical (unpaired) electrons. The van der Waals surface area contributed by atoms with Crippen LogP contribution in [0.25, 0.3) is 0 Å². The van der Waals surface area contributed by atoms with E-state index < -0.39 is 6.09 Å². The minimum atomic E-state index is -0.436. The first kappa shape index (κ1) is 27.0. The van der Waals surface area contributed by atoms with E-state index in [2.05, 4.69) is 38.3 Å². The fraction of sp³-hybridized carbons (Fsp3) is 0.895. The van der Waals surface area contributed by atoms with E-state index in [-0.39, 0.29) is 10.7 Å². The lowest BCUT2D eigenvalue weighted by Gasteiger charge is -2.25. The van der Waals surface area contributed by atoms with Gasteiger partial charge in [-0.3, -0.25) is 4.79 Å². The summed E-state index contributed by atoms with van der Waals surface area (Å²) in [6.45, 7) is 14.2. The van der Waals surface area contributed by atoms with Crippen molar-refractivity contribution >= 4 is 23.8 Å². The third-order valence-corrected chi connectivity index (χ3v) is 4.50. The van der Waals surface area contributed by atoms with E-state index in [0.717, 1.165) is 0 Å². The molecule has 0 aliphatic heterocycles. The summed E-state index contributed by atoms with van der Waals surface area (Å²) in [7, 11) is 0. The summed E-state index contributed by atoms with van der Waals surface area (Å²) in [5.41, 5.74) is 0. The highest BCUT2D eigenvalue weighted by Crippen LogP contribution is 2.31. The van der Waals surface area contributed by atoms with Crippen LogP contribution in [0.15, 0.2) is 0 Å². The molecule has 2 amide bonds. The number of nitrogens with one attached hydrogen (secondary N) is 2. The van der Waals surface area contributed by atoms with Crippen molar-refractivity contribution in [2.24, 2.45) is 0 Å². The number of carbonyl (C=O) groups excluding carboxylic acids is 2. The van der Waals surface area contributed by atoms with Crippen molar-refractivity contribution in [1.29, 1.82) is 0 Å². The Morgan fingerprint density at radius 3 is 1.89 bits per heavy atom. The molecule has 0 aliphatic carbocycles.